The van der Waals surface area contributed by atoms with E-state index >= 15 is 0 Å². The highest BCUT2D eigenvalue weighted by Gasteiger charge is 2.19. The molecule has 0 spiro atoms. The molecule has 0 atom stereocenters. The van der Waals surface area contributed by atoms with Crippen molar-refractivity contribution >= 4 is 27.5 Å². The predicted octanol–water partition coefficient (Wildman–Crippen LogP) is 2.61. The van der Waals surface area contributed by atoms with Gasteiger partial charge in [0.2, 0.25) is 10.0 Å². The molecule has 20 heavy (non-hydrogen) atoms. The summed E-state index contributed by atoms with van der Waals surface area (Å²) >= 11 is 1.54. The lowest BCUT2D eigenvalue weighted by Crippen LogP contribution is -2.38. The van der Waals surface area contributed by atoms with E-state index < -0.39 is 10.0 Å². The minimum absolute atomic E-state index is 0.148. The molecule has 4 nitrogen and oxygen atoms in total. The fourth-order valence-corrected chi connectivity index (χ4v) is 5.00. The summed E-state index contributed by atoms with van der Waals surface area (Å²) in [6, 6.07) is 7.65. The Bertz CT molecular complexity index is 508. The van der Waals surface area contributed by atoms with E-state index in [2.05, 4.69) is 4.72 Å². The standard InChI is InChI=1S/C14H22N2O2S2/c15-12-6-8-14(9-7-12)19-10-11-20(17,18)16-13-4-2-1-3-5-13/h6-9,13,16H,1-5,10-11,15H2. The number of hydrogen-bond acceptors (Lipinski definition) is 4. The number of thioether (sulfide) groups is 1. The minimum atomic E-state index is -3.16. The van der Waals surface area contributed by atoms with Gasteiger partial charge in [0.15, 0.2) is 0 Å². The molecule has 0 unspecified atom stereocenters. The highest BCUT2D eigenvalue weighted by atomic mass is 32.2. The summed E-state index contributed by atoms with van der Waals surface area (Å²) in [6.07, 6.45) is 5.45. The summed E-state index contributed by atoms with van der Waals surface area (Å²) in [5.74, 6) is 0.727. The summed E-state index contributed by atoms with van der Waals surface area (Å²) in [5.41, 5.74) is 6.34. The van der Waals surface area contributed by atoms with Crippen molar-refractivity contribution in [3.8, 4) is 0 Å². The van der Waals surface area contributed by atoms with Crippen LogP contribution in [-0.2, 0) is 10.0 Å². The number of sulfonamides is 1. The van der Waals surface area contributed by atoms with Crippen LogP contribution >= 0.6 is 11.8 Å². The Morgan fingerprint density at radius 3 is 2.45 bits per heavy atom. The van der Waals surface area contributed by atoms with Crippen molar-refractivity contribution in [3.63, 3.8) is 0 Å². The smallest absolute Gasteiger partial charge is 0.212 e. The molecule has 6 heteroatoms. The van der Waals surface area contributed by atoms with E-state index in [-0.39, 0.29) is 11.8 Å². The SMILES string of the molecule is Nc1ccc(SCCS(=O)(=O)NC2CCCCC2)cc1. The second-order valence-electron chi connectivity index (χ2n) is 5.19. The molecule has 3 N–H and O–H groups in total. The first-order chi connectivity index (χ1) is 9.55. The van der Waals surface area contributed by atoms with Gasteiger partial charge >= 0.3 is 0 Å². The molecule has 1 aliphatic rings. The second-order valence-corrected chi connectivity index (χ2v) is 8.23. The molecule has 0 saturated heterocycles. The third-order valence-corrected chi connectivity index (χ3v) is 6.16. The third-order valence-electron chi connectivity index (χ3n) is 3.45. The second kappa shape index (κ2) is 7.33. The third kappa shape index (κ3) is 5.34. The van der Waals surface area contributed by atoms with Crippen molar-refractivity contribution in [2.45, 2.75) is 43.0 Å². The average Bonchev–Trinajstić information content (AvgIpc) is 2.41. The van der Waals surface area contributed by atoms with Gasteiger partial charge in [0.25, 0.3) is 0 Å². The molecule has 1 fully saturated rings. The average molecular weight is 314 g/mol. The molecule has 1 aliphatic carbocycles. The Morgan fingerprint density at radius 1 is 1.15 bits per heavy atom. The van der Waals surface area contributed by atoms with Crippen LogP contribution in [0.25, 0.3) is 0 Å². The molecule has 1 saturated carbocycles. The Balaban J connectivity index is 1.75. The van der Waals surface area contributed by atoms with Crippen molar-refractivity contribution in [2.24, 2.45) is 0 Å². The van der Waals surface area contributed by atoms with Crippen molar-refractivity contribution in [3.05, 3.63) is 24.3 Å². The molecule has 0 bridgehead atoms. The van der Waals surface area contributed by atoms with Crippen LogP contribution in [0.5, 0.6) is 0 Å². The lowest BCUT2D eigenvalue weighted by molar-refractivity contribution is 0.412. The quantitative estimate of drug-likeness (QED) is 0.625. The van der Waals surface area contributed by atoms with Crippen LogP contribution in [0.1, 0.15) is 32.1 Å². The summed E-state index contributed by atoms with van der Waals surface area (Å²) in [7, 11) is -3.16. The van der Waals surface area contributed by atoms with Crippen molar-refractivity contribution in [2.75, 3.05) is 17.2 Å². The Hall–Kier alpha value is -0.720. The summed E-state index contributed by atoms with van der Waals surface area (Å²) in [4.78, 5) is 1.05. The van der Waals surface area contributed by atoms with Crippen molar-refractivity contribution in [1.29, 1.82) is 0 Å². The minimum Gasteiger partial charge on any atom is -0.399 e. The van der Waals surface area contributed by atoms with Gasteiger partial charge in [0.05, 0.1) is 5.75 Å². The normalized spacial score (nSPS) is 17.2. The van der Waals surface area contributed by atoms with Gasteiger partial charge < -0.3 is 5.73 Å². The number of nitrogens with one attached hydrogen (secondary N) is 1. The maximum Gasteiger partial charge on any atom is 0.212 e. The Kier molecular flexibility index (Phi) is 5.74. The molecule has 1 aromatic rings. The van der Waals surface area contributed by atoms with E-state index in [1.807, 2.05) is 24.3 Å². The molecule has 0 amide bonds. The maximum absolute atomic E-state index is 12.0. The number of nitrogen functional groups attached to an aromatic ring is 1. The van der Waals surface area contributed by atoms with Gasteiger partial charge in [-0.3, -0.25) is 0 Å². The number of rotatable bonds is 6. The van der Waals surface area contributed by atoms with Gasteiger partial charge in [-0.05, 0) is 37.1 Å². The maximum atomic E-state index is 12.0. The molecule has 0 heterocycles. The van der Waals surface area contributed by atoms with E-state index in [1.165, 1.54) is 6.42 Å². The molecule has 0 aliphatic heterocycles. The first-order valence-corrected chi connectivity index (χ1v) is 9.67. The van der Waals surface area contributed by atoms with E-state index in [4.69, 9.17) is 5.73 Å². The van der Waals surface area contributed by atoms with E-state index in [9.17, 15) is 8.42 Å². The first-order valence-electron chi connectivity index (χ1n) is 7.03. The molecule has 2 rings (SSSR count). The largest absolute Gasteiger partial charge is 0.399 e. The van der Waals surface area contributed by atoms with Gasteiger partial charge in [-0.25, -0.2) is 13.1 Å². The van der Waals surface area contributed by atoms with E-state index in [1.54, 1.807) is 11.8 Å². The molecular formula is C14H22N2O2S2. The monoisotopic (exact) mass is 314 g/mol. The molecule has 1 aromatic carbocycles. The topological polar surface area (TPSA) is 72.2 Å². The van der Waals surface area contributed by atoms with Crippen LogP contribution in [0.4, 0.5) is 5.69 Å². The summed E-state index contributed by atoms with van der Waals surface area (Å²) < 4.78 is 26.8. The number of anilines is 1. The number of benzene rings is 1. The summed E-state index contributed by atoms with van der Waals surface area (Å²) in [5, 5.41) is 0. The fraction of sp³-hybridized carbons (Fsp3) is 0.571. The van der Waals surface area contributed by atoms with Gasteiger partial charge in [-0.15, -0.1) is 11.8 Å². The first kappa shape index (κ1) is 15.7. The van der Waals surface area contributed by atoms with Crippen LogP contribution in [-0.4, -0.2) is 26.0 Å². The lowest BCUT2D eigenvalue weighted by atomic mass is 9.96. The van der Waals surface area contributed by atoms with E-state index in [0.717, 1.165) is 36.3 Å². The van der Waals surface area contributed by atoms with Crippen LogP contribution in [0.15, 0.2) is 29.2 Å². The Morgan fingerprint density at radius 2 is 1.80 bits per heavy atom. The summed E-state index contributed by atoms with van der Waals surface area (Å²) in [6.45, 7) is 0. The van der Waals surface area contributed by atoms with E-state index in [0.29, 0.717) is 5.75 Å². The lowest BCUT2D eigenvalue weighted by Gasteiger charge is -2.22. The highest BCUT2D eigenvalue weighted by molar-refractivity contribution is 8.00. The van der Waals surface area contributed by atoms with Gasteiger partial charge in [0, 0.05) is 22.4 Å². The van der Waals surface area contributed by atoms with Gasteiger partial charge in [0.1, 0.15) is 0 Å². The fourth-order valence-electron chi connectivity index (χ4n) is 2.37. The Labute approximate surface area is 125 Å². The van der Waals surface area contributed by atoms with Crippen LogP contribution in [0.2, 0.25) is 0 Å². The van der Waals surface area contributed by atoms with Crippen molar-refractivity contribution in [1.82, 2.24) is 4.72 Å². The predicted molar refractivity (Wildman–Crippen MR) is 85.4 cm³/mol. The molecular weight excluding hydrogens is 292 g/mol. The number of hydrogen-bond donors (Lipinski definition) is 2. The van der Waals surface area contributed by atoms with Crippen LogP contribution in [0, 0.1) is 0 Å². The highest BCUT2D eigenvalue weighted by Crippen LogP contribution is 2.20. The molecule has 112 valence electrons. The molecule has 0 radical (unpaired) electrons. The zero-order valence-electron chi connectivity index (χ0n) is 11.5. The zero-order chi connectivity index (χ0) is 14.4. The zero-order valence-corrected chi connectivity index (χ0v) is 13.2. The van der Waals surface area contributed by atoms with Crippen molar-refractivity contribution < 1.29 is 8.42 Å². The molecule has 0 aromatic heterocycles. The van der Waals surface area contributed by atoms with Crippen LogP contribution < -0.4 is 10.5 Å². The van der Waals surface area contributed by atoms with Gasteiger partial charge in [-0.1, -0.05) is 19.3 Å². The number of nitrogens with two attached hydrogens (primary N) is 1. The van der Waals surface area contributed by atoms with Gasteiger partial charge in [-0.2, -0.15) is 0 Å². The van der Waals surface area contributed by atoms with Crippen LogP contribution in [0.3, 0.4) is 0 Å².